The van der Waals surface area contributed by atoms with Crippen LogP contribution in [0.3, 0.4) is 0 Å². The van der Waals surface area contributed by atoms with Crippen molar-refractivity contribution in [1.29, 1.82) is 0 Å². The van der Waals surface area contributed by atoms with E-state index < -0.39 is 5.91 Å². The van der Waals surface area contributed by atoms with Crippen LogP contribution in [0.25, 0.3) is 0 Å². The number of hydrazine groups is 1. The summed E-state index contributed by atoms with van der Waals surface area (Å²) in [5.41, 5.74) is 6.88. The number of aryl methyl sites for hydroxylation is 2. The molecule has 0 fully saturated rings. The molecule has 0 unspecified atom stereocenters. The van der Waals surface area contributed by atoms with E-state index >= 15 is 0 Å². The predicted molar refractivity (Wildman–Crippen MR) is 105 cm³/mol. The van der Waals surface area contributed by atoms with Crippen molar-refractivity contribution in [2.24, 2.45) is 0 Å². The molecule has 0 saturated carbocycles. The van der Waals surface area contributed by atoms with Gasteiger partial charge in [0.15, 0.2) is 11.5 Å². The highest BCUT2D eigenvalue weighted by atomic mass is 16.5. The van der Waals surface area contributed by atoms with Gasteiger partial charge in [-0.3, -0.25) is 25.1 Å². The van der Waals surface area contributed by atoms with Crippen LogP contribution in [0.2, 0.25) is 0 Å². The minimum absolute atomic E-state index is 0.0222. The molecule has 1 heterocycles. The molecule has 0 aliphatic carbocycles. The van der Waals surface area contributed by atoms with E-state index in [0.717, 1.165) is 24.2 Å². The quantitative estimate of drug-likeness (QED) is 0.508. The van der Waals surface area contributed by atoms with Crippen molar-refractivity contribution in [3.63, 3.8) is 0 Å². The third-order valence-corrected chi connectivity index (χ3v) is 3.97. The lowest BCUT2D eigenvalue weighted by Gasteiger charge is -2.13. The smallest absolute Gasteiger partial charge is 0.269 e. The Morgan fingerprint density at radius 1 is 1.07 bits per heavy atom. The second-order valence-corrected chi connectivity index (χ2v) is 6.38. The second kappa shape index (κ2) is 10.3. The summed E-state index contributed by atoms with van der Waals surface area (Å²) in [4.78, 5) is 24.4. The molecule has 1 aromatic carbocycles. The minimum atomic E-state index is -0.442. The fraction of sp³-hybridized carbons (Fsp3) is 0.450. The molecule has 8 nitrogen and oxygen atoms in total. The first-order valence-corrected chi connectivity index (χ1v) is 9.44. The molecule has 2 rings (SSSR count). The van der Waals surface area contributed by atoms with Gasteiger partial charge in [0.1, 0.15) is 6.54 Å². The Hall–Kier alpha value is -3.03. The van der Waals surface area contributed by atoms with Crippen molar-refractivity contribution < 1.29 is 19.1 Å². The first-order chi connectivity index (χ1) is 13.4. The maximum Gasteiger partial charge on any atom is 0.269 e. The van der Waals surface area contributed by atoms with Crippen molar-refractivity contribution in [3.05, 3.63) is 41.2 Å². The Balaban J connectivity index is 1.96. The first-order valence-electron chi connectivity index (χ1n) is 9.44. The molecule has 1 aromatic heterocycles. The van der Waals surface area contributed by atoms with Gasteiger partial charge in [0.25, 0.3) is 11.8 Å². The number of carbonyl (C=O) groups excluding carboxylic acids is 2. The van der Waals surface area contributed by atoms with E-state index in [1.807, 2.05) is 26.8 Å². The molecule has 0 bridgehead atoms. The van der Waals surface area contributed by atoms with Gasteiger partial charge in [-0.25, -0.2) is 0 Å². The summed E-state index contributed by atoms with van der Waals surface area (Å²) in [6.07, 6.45) is 1.97. The van der Waals surface area contributed by atoms with Crippen molar-refractivity contribution in [2.45, 2.75) is 47.1 Å². The Bertz CT molecular complexity index is 817. The van der Waals surface area contributed by atoms with Crippen LogP contribution in [0.1, 0.15) is 48.4 Å². The molecule has 8 heteroatoms. The third kappa shape index (κ3) is 6.00. The van der Waals surface area contributed by atoms with Crippen LogP contribution in [-0.4, -0.2) is 34.8 Å². The SMILES string of the molecule is CCCCOc1ccc(C(=O)NNC(=O)Cn2nc(C)cc2C)cc1OCC. The van der Waals surface area contributed by atoms with E-state index in [9.17, 15) is 9.59 Å². The van der Waals surface area contributed by atoms with E-state index in [1.54, 1.807) is 22.9 Å². The monoisotopic (exact) mass is 388 g/mol. The fourth-order valence-corrected chi connectivity index (χ4v) is 2.57. The van der Waals surface area contributed by atoms with Gasteiger partial charge in [0, 0.05) is 11.3 Å². The summed E-state index contributed by atoms with van der Waals surface area (Å²) in [6, 6.07) is 6.82. The van der Waals surface area contributed by atoms with Gasteiger partial charge in [0.2, 0.25) is 0 Å². The molecule has 2 amide bonds. The molecule has 2 aromatic rings. The van der Waals surface area contributed by atoms with Crippen LogP contribution in [0.4, 0.5) is 0 Å². The summed E-state index contributed by atoms with van der Waals surface area (Å²) in [6.45, 7) is 8.73. The number of carbonyl (C=O) groups is 2. The molecular weight excluding hydrogens is 360 g/mol. The lowest BCUT2D eigenvalue weighted by Crippen LogP contribution is -2.43. The average Bonchev–Trinajstić information content (AvgIpc) is 2.98. The van der Waals surface area contributed by atoms with Crippen LogP contribution in [0, 0.1) is 13.8 Å². The number of benzene rings is 1. The normalized spacial score (nSPS) is 10.4. The maximum absolute atomic E-state index is 12.4. The van der Waals surface area contributed by atoms with Gasteiger partial charge >= 0.3 is 0 Å². The van der Waals surface area contributed by atoms with Crippen LogP contribution >= 0.6 is 0 Å². The highest BCUT2D eigenvalue weighted by molar-refractivity contribution is 5.96. The largest absolute Gasteiger partial charge is 0.490 e. The van der Waals surface area contributed by atoms with Crippen molar-refractivity contribution in [2.75, 3.05) is 13.2 Å². The molecule has 0 aliphatic rings. The Morgan fingerprint density at radius 2 is 1.86 bits per heavy atom. The summed E-state index contributed by atoms with van der Waals surface area (Å²) in [7, 11) is 0. The summed E-state index contributed by atoms with van der Waals surface area (Å²) >= 11 is 0. The number of nitrogens with one attached hydrogen (secondary N) is 2. The Morgan fingerprint density at radius 3 is 2.50 bits per heavy atom. The lowest BCUT2D eigenvalue weighted by molar-refractivity contribution is -0.122. The summed E-state index contributed by atoms with van der Waals surface area (Å²) in [5, 5.41) is 4.22. The maximum atomic E-state index is 12.4. The van der Waals surface area contributed by atoms with Crippen LogP contribution in [-0.2, 0) is 11.3 Å². The number of amides is 2. The molecule has 0 saturated heterocycles. The summed E-state index contributed by atoms with van der Waals surface area (Å²) in [5.74, 6) is 0.285. The molecule has 152 valence electrons. The zero-order valence-electron chi connectivity index (χ0n) is 16.9. The molecule has 28 heavy (non-hydrogen) atoms. The van der Waals surface area contributed by atoms with E-state index in [4.69, 9.17) is 9.47 Å². The van der Waals surface area contributed by atoms with Gasteiger partial charge in [-0.2, -0.15) is 5.10 Å². The molecule has 0 atom stereocenters. The van der Waals surface area contributed by atoms with E-state index in [1.165, 1.54) is 0 Å². The van der Waals surface area contributed by atoms with Gasteiger partial charge in [0.05, 0.1) is 18.9 Å². The van der Waals surface area contributed by atoms with Gasteiger partial charge in [-0.15, -0.1) is 0 Å². The van der Waals surface area contributed by atoms with Gasteiger partial charge in [-0.1, -0.05) is 13.3 Å². The highest BCUT2D eigenvalue weighted by Crippen LogP contribution is 2.28. The third-order valence-electron chi connectivity index (χ3n) is 3.97. The highest BCUT2D eigenvalue weighted by Gasteiger charge is 2.13. The topological polar surface area (TPSA) is 94.5 Å². The van der Waals surface area contributed by atoms with Crippen LogP contribution in [0.15, 0.2) is 24.3 Å². The second-order valence-electron chi connectivity index (χ2n) is 6.38. The van der Waals surface area contributed by atoms with Crippen LogP contribution < -0.4 is 20.3 Å². The minimum Gasteiger partial charge on any atom is -0.490 e. The van der Waals surface area contributed by atoms with E-state index in [-0.39, 0.29) is 12.5 Å². The standard InChI is InChI=1S/C20H28N4O4/c1-5-7-10-28-17-9-8-16(12-18(17)27-6-2)20(26)22-21-19(25)13-24-15(4)11-14(3)23-24/h8-9,11-12H,5-7,10,13H2,1-4H3,(H,21,25)(H,22,26). The van der Waals surface area contributed by atoms with Crippen LogP contribution in [0.5, 0.6) is 11.5 Å². The number of unbranched alkanes of at least 4 members (excludes halogenated alkanes) is 1. The number of hydrogen-bond donors (Lipinski definition) is 2. The molecule has 2 N–H and O–H groups in total. The zero-order valence-corrected chi connectivity index (χ0v) is 16.9. The van der Waals surface area contributed by atoms with E-state index in [0.29, 0.717) is 30.3 Å². The number of rotatable bonds is 9. The van der Waals surface area contributed by atoms with Crippen molar-refractivity contribution in [3.8, 4) is 11.5 Å². The predicted octanol–water partition coefficient (Wildman–Crippen LogP) is 2.54. The number of aromatic nitrogens is 2. The first kappa shape index (κ1) is 21.3. The Labute approximate surface area is 165 Å². The zero-order chi connectivity index (χ0) is 20.5. The molecule has 0 spiro atoms. The van der Waals surface area contributed by atoms with Crippen molar-refractivity contribution >= 4 is 11.8 Å². The van der Waals surface area contributed by atoms with E-state index in [2.05, 4.69) is 22.9 Å². The Kier molecular flexibility index (Phi) is 7.86. The number of hydrogen-bond acceptors (Lipinski definition) is 5. The molecular formula is C20H28N4O4. The van der Waals surface area contributed by atoms with Crippen molar-refractivity contribution in [1.82, 2.24) is 20.6 Å². The summed E-state index contributed by atoms with van der Waals surface area (Å²) < 4.78 is 12.9. The lowest BCUT2D eigenvalue weighted by atomic mass is 10.2. The van der Waals surface area contributed by atoms with Gasteiger partial charge in [-0.05, 0) is 51.5 Å². The number of nitrogens with zero attached hydrogens (tertiary/aromatic N) is 2. The average molecular weight is 388 g/mol. The molecule has 0 aliphatic heterocycles. The molecule has 0 radical (unpaired) electrons. The fourth-order valence-electron chi connectivity index (χ4n) is 2.57. The van der Waals surface area contributed by atoms with Gasteiger partial charge < -0.3 is 9.47 Å². The number of ether oxygens (including phenoxy) is 2.